The number of hydrogen-bond acceptors (Lipinski definition) is 4. The minimum atomic E-state index is -0.752. The van der Waals surface area contributed by atoms with Crippen molar-refractivity contribution in [1.82, 2.24) is 0 Å². The number of aliphatic hydroxyl groups is 1. The van der Waals surface area contributed by atoms with Gasteiger partial charge in [-0.15, -0.1) is 0 Å². The second-order valence-corrected chi connectivity index (χ2v) is 4.12. The summed E-state index contributed by atoms with van der Waals surface area (Å²) in [6.07, 6.45) is 0.699. The van der Waals surface area contributed by atoms with Crippen LogP contribution in [-0.4, -0.2) is 35.4 Å². The molecule has 82 valence electrons. The fourth-order valence-corrected chi connectivity index (χ4v) is 1.91. The number of benzene rings is 1. The third kappa shape index (κ3) is 2.06. The maximum Gasteiger partial charge on any atom is 0.115 e. The first-order valence-corrected chi connectivity index (χ1v) is 5.09. The van der Waals surface area contributed by atoms with E-state index in [9.17, 15) is 5.11 Å². The molecule has 0 aromatic heterocycles. The van der Waals surface area contributed by atoms with Gasteiger partial charge in [0.05, 0.1) is 5.60 Å². The van der Waals surface area contributed by atoms with Crippen LogP contribution in [0.3, 0.4) is 0 Å². The van der Waals surface area contributed by atoms with Crippen molar-refractivity contribution < 1.29 is 10.2 Å². The van der Waals surface area contributed by atoms with E-state index < -0.39 is 5.60 Å². The standard InChI is InChI=1S/C11H16N2O2/c12-7-11(15)5-6-13(8-11)9-1-3-10(14)4-2-9/h1-4,14-15H,5-8,12H2. The largest absolute Gasteiger partial charge is 0.508 e. The van der Waals surface area contributed by atoms with Gasteiger partial charge < -0.3 is 20.8 Å². The zero-order valence-electron chi connectivity index (χ0n) is 8.56. The highest BCUT2D eigenvalue weighted by Crippen LogP contribution is 2.27. The number of phenols is 1. The maximum absolute atomic E-state index is 9.97. The number of nitrogens with zero attached hydrogens (tertiary/aromatic N) is 1. The molecule has 1 saturated heterocycles. The Morgan fingerprint density at radius 3 is 2.53 bits per heavy atom. The van der Waals surface area contributed by atoms with Gasteiger partial charge in [-0.05, 0) is 30.7 Å². The van der Waals surface area contributed by atoms with Gasteiger partial charge in [-0.2, -0.15) is 0 Å². The number of anilines is 1. The van der Waals surface area contributed by atoms with E-state index in [4.69, 9.17) is 10.8 Å². The lowest BCUT2D eigenvalue weighted by atomic mass is 10.0. The Kier molecular flexibility index (Phi) is 2.54. The molecule has 1 fully saturated rings. The molecule has 1 atom stereocenters. The molecule has 1 unspecified atom stereocenters. The zero-order valence-corrected chi connectivity index (χ0v) is 8.56. The first kappa shape index (κ1) is 10.3. The molecule has 4 N–H and O–H groups in total. The van der Waals surface area contributed by atoms with Crippen molar-refractivity contribution in [2.75, 3.05) is 24.5 Å². The predicted molar refractivity (Wildman–Crippen MR) is 58.9 cm³/mol. The second kappa shape index (κ2) is 3.72. The van der Waals surface area contributed by atoms with E-state index in [1.807, 2.05) is 12.1 Å². The molecule has 1 aliphatic heterocycles. The van der Waals surface area contributed by atoms with Gasteiger partial charge in [0.25, 0.3) is 0 Å². The average Bonchev–Trinajstić information content (AvgIpc) is 2.63. The number of aromatic hydroxyl groups is 1. The SMILES string of the molecule is NCC1(O)CCN(c2ccc(O)cc2)C1. The molecule has 1 aliphatic rings. The topological polar surface area (TPSA) is 69.7 Å². The van der Waals surface area contributed by atoms with Crippen molar-refractivity contribution in [3.05, 3.63) is 24.3 Å². The number of hydrogen-bond donors (Lipinski definition) is 3. The minimum absolute atomic E-state index is 0.257. The third-order valence-corrected chi connectivity index (χ3v) is 2.93. The van der Waals surface area contributed by atoms with Gasteiger partial charge in [0.2, 0.25) is 0 Å². The molecule has 2 rings (SSSR count). The molecule has 0 radical (unpaired) electrons. The van der Waals surface area contributed by atoms with E-state index in [0.717, 1.165) is 12.2 Å². The van der Waals surface area contributed by atoms with Crippen molar-refractivity contribution >= 4 is 5.69 Å². The predicted octanol–water partition coefficient (Wildman–Crippen LogP) is 0.292. The normalized spacial score (nSPS) is 25.9. The van der Waals surface area contributed by atoms with Crippen LogP contribution in [-0.2, 0) is 0 Å². The number of rotatable bonds is 2. The monoisotopic (exact) mass is 208 g/mol. The molecule has 0 aliphatic carbocycles. The molecular formula is C11H16N2O2. The van der Waals surface area contributed by atoms with Crippen molar-refractivity contribution in [3.8, 4) is 5.75 Å². The minimum Gasteiger partial charge on any atom is -0.508 e. The molecule has 0 saturated carbocycles. The molecule has 1 aromatic carbocycles. The lowest BCUT2D eigenvalue weighted by Crippen LogP contribution is -2.40. The lowest BCUT2D eigenvalue weighted by Gasteiger charge is -2.22. The molecular weight excluding hydrogens is 192 g/mol. The Bertz CT molecular complexity index is 339. The van der Waals surface area contributed by atoms with Gasteiger partial charge in [0, 0.05) is 25.3 Å². The van der Waals surface area contributed by atoms with Crippen LogP contribution in [0.5, 0.6) is 5.75 Å². The Labute approximate surface area is 88.9 Å². The van der Waals surface area contributed by atoms with E-state index in [-0.39, 0.29) is 5.75 Å². The smallest absolute Gasteiger partial charge is 0.115 e. The molecule has 4 heteroatoms. The molecule has 15 heavy (non-hydrogen) atoms. The highest BCUT2D eigenvalue weighted by molar-refractivity contribution is 5.50. The second-order valence-electron chi connectivity index (χ2n) is 4.12. The van der Waals surface area contributed by atoms with Crippen molar-refractivity contribution in [1.29, 1.82) is 0 Å². The first-order valence-electron chi connectivity index (χ1n) is 5.09. The fourth-order valence-electron chi connectivity index (χ4n) is 1.91. The third-order valence-electron chi connectivity index (χ3n) is 2.93. The van der Waals surface area contributed by atoms with Crippen LogP contribution in [0.25, 0.3) is 0 Å². The number of phenolic OH excluding ortho intramolecular Hbond substituents is 1. The average molecular weight is 208 g/mol. The van der Waals surface area contributed by atoms with Gasteiger partial charge in [0.15, 0.2) is 0 Å². The van der Waals surface area contributed by atoms with Crippen LogP contribution in [0.2, 0.25) is 0 Å². The van der Waals surface area contributed by atoms with Crippen LogP contribution >= 0.6 is 0 Å². The lowest BCUT2D eigenvalue weighted by molar-refractivity contribution is 0.0726. The summed E-state index contributed by atoms with van der Waals surface area (Å²) in [6.45, 7) is 1.66. The quantitative estimate of drug-likeness (QED) is 0.653. The molecule has 1 heterocycles. The van der Waals surface area contributed by atoms with Gasteiger partial charge in [-0.3, -0.25) is 0 Å². The summed E-state index contributed by atoms with van der Waals surface area (Å²) in [5.41, 5.74) is 5.77. The van der Waals surface area contributed by atoms with Crippen LogP contribution in [0, 0.1) is 0 Å². The summed E-state index contributed by atoms with van der Waals surface area (Å²) >= 11 is 0. The van der Waals surface area contributed by atoms with Gasteiger partial charge in [-0.25, -0.2) is 0 Å². The fraction of sp³-hybridized carbons (Fsp3) is 0.455. The summed E-state index contributed by atoms with van der Waals surface area (Å²) in [5, 5.41) is 19.1. The van der Waals surface area contributed by atoms with Crippen LogP contribution < -0.4 is 10.6 Å². The zero-order chi connectivity index (χ0) is 10.9. The summed E-state index contributed by atoms with van der Waals surface area (Å²) in [4.78, 5) is 2.08. The van der Waals surface area contributed by atoms with Crippen LogP contribution in [0.4, 0.5) is 5.69 Å². The summed E-state index contributed by atoms with van der Waals surface area (Å²) in [5.74, 6) is 0.257. The maximum atomic E-state index is 9.97. The van der Waals surface area contributed by atoms with Gasteiger partial charge in [0.1, 0.15) is 5.75 Å². The molecule has 0 amide bonds. The van der Waals surface area contributed by atoms with Gasteiger partial charge in [-0.1, -0.05) is 0 Å². The first-order chi connectivity index (χ1) is 7.13. The molecule has 0 bridgehead atoms. The van der Waals surface area contributed by atoms with E-state index >= 15 is 0 Å². The van der Waals surface area contributed by atoms with E-state index in [1.54, 1.807) is 12.1 Å². The highest BCUT2D eigenvalue weighted by atomic mass is 16.3. The van der Waals surface area contributed by atoms with Crippen LogP contribution in [0.1, 0.15) is 6.42 Å². The van der Waals surface area contributed by atoms with Crippen molar-refractivity contribution in [3.63, 3.8) is 0 Å². The Morgan fingerprint density at radius 1 is 1.33 bits per heavy atom. The Morgan fingerprint density at radius 2 is 2.00 bits per heavy atom. The highest BCUT2D eigenvalue weighted by Gasteiger charge is 2.34. The molecule has 0 spiro atoms. The Hall–Kier alpha value is -1.26. The van der Waals surface area contributed by atoms with E-state index in [1.165, 1.54) is 0 Å². The Balaban J connectivity index is 2.11. The summed E-state index contributed by atoms with van der Waals surface area (Å²) in [6, 6.07) is 6.99. The molecule has 4 nitrogen and oxygen atoms in total. The number of β-amino-alcohol motifs (C(OH)–C–C–N with tert-alkyl or cyclic N) is 1. The van der Waals surface area contributed by atoms with Gasteiger partial charge >= 0.3 is 0 Å². The van der Waals surface area contributed by atoms with Crippen molar-refractivity contribution in [2.45, 2.75) is 12.0 Å². The summed E-state index contributed by atoms with van der Waals surface area (Å²) < 4.78 is 0. The summed E-state index contributed by atoms with van der Waals surface area (Å²) in [7, 11) is 0. The van der Waals surface area contributed by atoms with E-state index in [0.29, 0.717) is 19.5 Å². The van der Waals surface area contributed by atoms with Crippen LogP contribution in [0.15, 0.2) is 24.3 Å². The van der Waals surface area contributed by atoms with Crippen molar-refractivity contribution in [2.24, 2.45) is 5.73 Å². The number of nitrogens with two attached hydrogens (primary N) is 1. The van der Waals surface area contributed by atoms with E-state index in [2.05, 4.69) is 4.90 Å². The molecule has 1 aromatic rings.